The number of aromatic nitrogens is 2. The molecule has 1 aromatic carbocycles. The van der Waals surface area contributed by atoms with E-state index in [2.05, 4.69) is 25.9 Å². The summed E-state index contributed by atoms with van der Waals surface area (Å²) in [5.41, 5.74) is 2.26. The Morgan fingerprint density at radius 2 is 1.74 bits per heavy atom. The monoisotopic (exact) mass is 276 g/mol. The number of hydrogen-bond acceptors (Lipinski definition) is 3. The van der Waals surface area contributed by atoms with Gasteiger partial charge in [0.1, 0.15) is 5.69 Å². The third-order valence-corrected chi connectivity index (χ3v) is 3.83. The van der Waals surface area contributed by atoms with Crippen LogP contribution in [0.1, 0.15) is 26.5 Å². The van der Waals surface area contributed by atoms with Crippen molar-refractivity contribution in [1.29, 1.82) is 0 Å². The molecule has 4 heteroatoms. The Labute approximate surface area is 118 Å². The first-order valence-corrected chi connectivity index (χ1v) is 7.50. The average molecular weight is 276 g/mol. The first kappa shape index (κ1) is 14.0. The average Bonchev–Trinajstić information content (AvgIpc) is 2.66. The van der Waals surface area contributed by atoms with Crippen LogP contribution in [0.3, 0.4) is 0 Å². The lowest BCUT2D eigenvalue weighted by atomic mass is 10.1. The van der Waals surface area contributed by atoms with Crippen molar-refractivity contribution in [3.8, 4) is 17.0 Å². The fraction of sp³-hybridized carbons (Fsp3) is 0.400. The highest BCUT2D eigenvalue weighted by Crippen LogP contribution is 2.34. The fourth-order valence-corrected chi connectivity index (χ4v) is 2.50. The van der Waals surface area contributed by atoms with E-state index >= 15 is 0 Å². The van der Waals surface area contributed by atoms with E-state index in [0.717, 1.165) is 11.3 Å². The van der Waals surface area contributed by atoms with E-state index in [1.807, 2.05) is 42.1 Å². The molecule has 0 aliphatic carbocycles. The lowest BCUT2D eigenvalue weighted by Gasteiger charge is -2.20. The minimum atomic E-state index is -0.140. The molecule has 19 heavy (non-hydrogen) atoms. The van der Waals surface area contributed by atoms with Gasteiger partial charge in [0.25, 0.3) is 0 Å². The molecule has 0 aliphatic heterocycles. The maximum Gasteiger partial charge on any atom is 0.164 e. The molecule has 2 aromatic rings. The molecule has 0 fully saturated rings. The van der Waals surface area contributed by atoms with Crippen molar-refractivity contribution in [2.45, 2.75) is 38.1 Å². The third kappa shape index (κ3) is 2.63. The lowest BCUT2D eigenvalue weighted by Crippen LogP contribution is -2.24. The van der Waals surface area contributed by atoms with Crippen molar-refractivity contribution >= 4 is 11.8 Å². The molecule has 0 radical (unpaired) electrons. The second-order valence-corrected chi connectivity index (χ2v) is 6.47. The number of benzene rings is 1. The van der Waals surface area contributed by atoms with Gasteiger partial charge in [0.2, 0.25) is 0 Å². The minimum absolute atomic E-state index is 0.140. The van der Waals surface area contributed by atoms with Gasteiger partial charge < -0.3 is 5.11 Å². The largest absolute Gasteiger partial charge is 0.504 e. The molecule has 0 unspecified atom stereocenters. The first-order valence-electron chi connectivity index (χ1n) is 6.28. The van der Waals surface area contributed by atoms with E-state index in [4.69, 9.17) is 0 Å². The number of aromatic hydroxyl groups is 1. The van der Waals surface area contributed by atoms with Gasteiger partial charge in [0.15, 0.2) is 5.75 Å². The maximum absolute atomic E-state index is 10.3. The van der Waals surface area contributed by atoms with Gasteiger partial charge in [-0.05, 0) is 46.1 Å². The molecule has 3 nitrogen and oxygen atoms in total. The van der Waals surface area contributed by atoms with Crippen LogP contribution in [0.2, 0.25) is 0 Å². The van der Waals surface area contributed by atoms with Gasteiger partial charge in [0.05, 0.1) is 11.2 Å². The molecular formula is C15H20N2OS. The van der Waals surface area contributed by atoms with E-state index in [1.54, 1.807) is 11.8 Å². The topological polar surface area (TPSA) is 38.0 Å². The van der Waals surface area contributed by atoms with E-state index in [0.29, 0.717) is 5.69 Å². The van der Waals surface area contributed by atoms with Crippen molar-refractivity contribution in [3.63, 3.8) is 0 Å². The highest BCUT2D eigenvalue weighted by molar-refractivity contribution is 7.98. The summed E-state index contributed by atoms with van der Waals surface area (Å²) >= 11 is 1.70. The van der Waals surface area contributed by atoms with Gasteiger partial charge in [0, 0.05) is 10.5 Å². The number of hydrogen-bond donors (Lipinski definition) is 1. The molecular weight excluding hydrogens is 256 g/mol. The molecule has 0 spiro atoms. The summed E-state index contributed by atoms with van der Waals surface area (Å²) < 4.78 is 1.88. The maximum atomic E-state index is 10.3. The summed E-state index contributed by atoms with van der Waals surface area (Å²) in [4.78, 5) is 1.20. The van der Waals surface area contributed by atoms with E-state index < -0.39 is 0 Å². The van der Waals surface area contributed by atoms with Gasteiger partial charge in [-0.25, -0.2) is 0 Å². The zero-order valence-corrected chi connectivity index (χ0v) is 12.9. The number of thioether (sulfide) groups is 1. The summed E-state index contributed by atoms with van der Waals surface area (Å²) in [7, 11) is 0. The molecule has 0 amide bonds. The van der Waals surface area contributed by atoms with Crippen LogP contribution >= 0.6 is 11.8 Å². The van der Waals surface area contributed by atoms with Crippen LogP contribution in [-0.4, -0.2) is 21.1 Å². The summed E-state index contributed by atoms with van der Waals surface area (Å²) in [5.74, 6) is 0.270. The van der Waals surface area contributed by atoms with Crippen molar-refractivity contribution < 1.29 is 5.11 Å². The Morgan fingerprint density at radius 1 is 1.16 bits per heavy atom. The smallest absolute Gasteiger partial charge is 0.164 e. The zero-order valence-electron chi connectivity index (χ0n) is 12.1. The Hall–Kier alpha value is -1.42. The van der Waals surface area contributed by atoms with Crippen molar-refractivity contribution in [2.75, 3.05) is 6.26 Å². The molecule has 102 valence electrons. The summed E-state index contributed by atoms with van der Waals surface area (Å²) in [6.45, 7) is 8.13. The van der Waals surface area contributed by atoms with Gasteiger partial charge >= 0.3 is 0 Å². The first-order chi connectivity index (χ1) is 8.84. The normalized spacial score (nSPS) is 11.8. The van der Waals surface area contributed by atoms with Crippen LogP contribution in [0.25, 0.3) is 11.3 Å². The van der Waals surface area contributed by atoms with Crippen LogP contribution in [0.5, 0.6) is 5.75 Å². The molecule has 1 aromatic heterocycles. The molecule has 0 saturated carbocycles. The van der Waals surface area contributed by atoms with Gasteiger partial charge in [-0.15, -0.1) is 11.8 Å². The van der Waals surface area contributed by atoms with Crippen LogP contribution in [0, 0.1) is 6.92 Å². The van der Waals surface area contributed by atoms with Crippen molar-refractivity contribution in [1.82, 2.24) is 9.78 Å². The van der Waals surface area contributed by atoms with Gasteiger partial charge in [-0.2, -0.15) is 5.10 Å². The molecule has 0 saturated heterocycles. The highest BCUT2D eigenvalue weighted by atomic mass is 32.2. The number of nitrogens with zero attached hydrogens (tertiary/aromatic N) is 2. The lowest BCUT2D eigenvalue weighted by molar-refractivity contribution is 0.345. The number of rotatable bonds is 2. The Morgan fingerprint density at radius 3 is 2.16 bits per heavy atom. The zero-order chi connectivity index (χ0) is 14.2. The molecule has 1 heterocycles. The Bertz CT molecular complexity index is 579. The standard InChI is InChI=1S/C15H20N2OS/c1-10-14(18)13(16-17(10)15(2,3)4)11-6-8-12(19-5)9-7-11/h6-9,18H,1-5H3. The third-order valence-electron chi connectivity index (χ3n) is 3.08. The molecule has 1 N–H and O–H groups in total. The highest BCUT2D eigenvalue weighted by Gasteiger charge is 2.22. The van der Waals surface area contributed by atoms with E-state index in [-0.39, 0.29) is 11.3 Å². The quantitative estimate of drug-likeness (QED) is 0.841. The van der Waals surface area contributed by atoms with Gasteiger partial charge in [-0.3, -0.25) is 4.68 Å². The van der Waals surface area contributed by atoms with Crippen LogP contribution in [-0.2, 0) is 5.54 Å². The second-order valence-electron chi connectivity index (χ2n) is 5.59. The second kappa shape index (κ2) is 4.93. The Balaban J connectivity index is 2.50. The minimum Gasteiger partial charge on any atom is -0.504 e. The van der Waals surface area contributed by atoms with Gasteiger partial charge in [-0.1, -0.05) is 12.1 Å². The molecule has 0 atom stereocenters. The van der Waals surface area contributed by atoms with Crippen molar-refractivity contribution in [2.24, 2.45) is 0 Å². The SMILES string of the molecule is CSc1ccc(-c2nn(C(C)(C)C)c(C)c2O)cc1. The Kier molecular flexibility index (Phi) is 3.63. The van der Waals surface area contributed by atoms with E-state index in [9.17, 15) is 5.11 Å². The predicted octanol–water partition coefficient (Wildman–Crippen LogP) is 4.04. The summed E-state index contributed by atoms with van der Waals surface area (Å²) in [6.07, 6.45) is 2.05. The van der Waals surface area contributed by atoms with Crippen LogP contribution in [0.15, 0.2) is 29.2 Å². The fourth-order valence-electron chi connectivity index (χ4n) is 2.09. The van der Waals surface area contributed by atoms with Crippen molar-refractivity contribution in [3.05, 3.63) is 30.0 Å². The van der Waals surface area contributed by atoms with E-state index in [1.165, 1.54) is 4.90 Å². The molecule has 0 bridgehead atoms. The van der Waals surface area contributed by atoms with Crippen LogP contribution < -0.4 is 0 Å². The predicted molar refractivity (Wildman–Crippen MR) is 80.8 cm³/mol. The molecule has 0 aliphatic rings. The van der Waals surface area contributed by atoms with Crippen LogP contribution in [0.4, 0.5) is 0 Å². The summed E-state index contributed by atoms with van der Waals surface area (Å²) in [6, 6.07) is 8.09. The summed E-state index contributed by atoms with van der Waals surface area (Å²) in [5, 5.41) is 14.8. The molecule has 2 rings (SSSR count).